The van der Waals surface area contributed by atoms with Gasteiger partial charge in [0.25, 0.3) is 0 Å². The van der Waals surface area contributed by atoms with Crippen molar-refractivity contribution in [2.75, 3.05) is 17.2 Å². The summed E-state index contributed by atoms with van der Waals surface area (Å²) < 4.78 is 2.10. The predicted octanol–water partition coefficient (Wildman–Crippen LogP) is 2.52. The molecule has 0 aliphatic carbocycles. The van der Waals surface area contributed by atoms with Crippen LogP contribution in [-0.2, 0) is 11.3 Å². The fraction of sp³-hybridized carbons (Fsp3) is 0.375. The van der Waals surface area contributed by atoms with Crippen LogP contribution in [0.4, 0.5) is 5.69 Å². The SMILES string of the molecule is Cc1nccn1Cc1ccc(N2CC(CS)CC2=O)cc1. The van der Waals surface area contributed by atoms with Crippen molar-refractivity contribution in [1.82, 2.24) is 9.55 Å². The van der Waals surface area contributed by atoms with Gasteiger partial charge in [-0.2, -0.15) is 12.6 Å². The van der Waals surface area contributed by atoms with Crippen molar-refractivity contribution >= 4 is 24.2 Å². The van der Waals surface area contributed by atoms with Gasteiger partial charge in [-0.25, -0.2) is 4.98 Å². The molecule has 0 radical (unpaired) electrons. The minimum absolute atomic E-state index is 0.201. The molecule has 0 bridgehead atoms. The third-order valence-electron chi connectivity index (χ3n) is 3.99. The highest BCUT2D eigenvalue weighted by Gasteiger charge is 2.29. The molecule has 1 atom stereocenters. The molecule has 5 heteroatoms. The van der Waals surface area contributed by atoms with Crippen molar-refractivity contribution in [3.8, 4) is 0 Å². The summed E-state index contributed by atoms with van der Waals surface area (Å²) >= 11 is 4.30. The van der Waals surface area contributed by atoms with Crippen molar-refractivity contribution in [2.45, 2.75) is 19.9 Å². The van der Waals surface area contributed by atoms with Crippen LogP contribution >= 0.6 is 12.6 Å². The van der Waals surface area contributed by atoms with E-state index < -0.39 is 0 Å². The number of thiol groups is 1. The van der Waals surface area contributed by atoms with E-state index in [0.29, 0.717) is 12.3 Å². The van der Waals surface area contributed by atoms with Gasteiger partial charge in [0.1, 0.15) is 5.82 Å². The molecule has 21 heavy (non-hydrogen) atoms. The number of nitrogens with zero attached hydrogens (tertiary/aromatic N) is 3. The second-order valence-corrected chi connectivity index (χ2v) is 5.89. The third-order valence-corrected chi connectivity index (χ3v) is 4.50. The maximum absolute atomic E-state index is 12.0. The van der Waals surface area contributed by atoms with E-state index in [9.17, 15) is 4.79 Å². The summed E-state index contributed by atoms with van der Waals surface area (Å²) in [6.07, 6.45) is 4.40. The molecule has 4 nitrogen and oxygen atoms in total. The van der Waals surface area contributed by atoms with Gasteiger partial charge in [-0.1, -0.05) is 12.1 Å². The molecular weight excluding hydrogens is 282 g/mol. The van der Waals surface area contributed by atoms with Crippen molar-refractivity contribution in [3.63, 3.8) is 0 Å². The first-order chi connectivity index (χ1) is 10.2. The van der Waals surface area contributed by atoms with Gasteiger partial charge in [0.2, 0.25) is 5.91 Å². The van der Waals surface area contributed by atoms with Crippen LogP contribution in [0.2, 0.25) is 0 Å². The number of rotatable bonds is 4. The first-order valence-corrected chi connectivity index (χ1v) is 7.78. The number of amides is 1. The lowest BCUT2D eigenvalue weighted by molar-refractivity contribution is -0.117. The highest BCUT2D eigenvalue weighted by molar-refractivity contribution is 7.80. The van der Waals surface area contributed by atoms with Crippen LogP contribution in [-0.4, -0.2) is 27.8 Å². The smallest absolute Gasteiger partial charge is 0.227 e. The van der Waals surface area contributed by atoms with Crippen molar-refractivity contribution in [3.05, 3.63) is 48.0 Å². The van der Waals surface area contributed by atoms with Gasteiger partial charge in [-0.3, -0.25) is 4.79 Å². The van der Waals surface area contributed by atoms with Crippen LogP contribution in [0.25, 0.3) is 0 Å². The zero-order chi connectivity index (χ0) is 14.8. The van der Waals surface area contributed by atoms with Crippen LogP contribution in [0.3, 0.4) is 0 Å². The monoisotopic (exact) mass is 301 g/mol. The Labute approximate surface area is 130 Å². The fourth-order valence-corrected chi connectivity index (χ4v) is 2.95. The van der Waals surface area contributed by atoms with E-state index in [1.54, 1.807) is 0 Å². The molecule has 1 aromatic heterocycles. The number of carbonyl (C=O) groups is 1. The summed E-state index contributed by atoms with van der Waals surface area (Å²) in [4.78, 5) is 18.1. The number of imidazole rings is 1. The Hall–Kier alpha value is -1.75. The highest BCUT2D eigenvalue weighted by Crippen LogP contribution is 2.26. The van der Waals surface area contributed by atoms with E-state index in [-0.39, 0.29) is 5.91 Å². The lowest BCUT2D eigenvalue weighted by Crippen LogP contribution is -2.24. The summed E-state index contributed by atoms with van der Waals surface area (Å²) in [5.41, 5.74) is 2.19. The predicted molar refractivity (Wildman–Crippen MR) is 86.8 cm³/mol. The largest absolute Gasteiger partial charge is 0.331 e. The molecule has 1 saturated heterocycles. The molecule has 1 unspecified atom stereocenters. The lowest BCUT2D eigenvalue weighted by atomic mass is 10.1. The van der Waals surface area contributed by atoms with Crippen LogP contribution in [0, 0.1) is 12.8 Å². The van der Waals surface area contributed by atoms with Gasteiger partial charge >= 0.3 is 0 Å². The Morgan fingerprint density at radius 1 is 1.33 bits per heavy atom. The Morgan fingerprint density at radius 2 is 2.10 bits per heavy atom. The molecule has 3 rings (SSSR count). The fourth-order valence-electron chi connectivity index (χ4n) is 2.70. The van der Waals surface area contributed by atoms with Crippen LogP contribution in [0.15, 0.2) is 36.7 Å². The molecule has 2 heterocycles. The van der Waals surface area contributed by atoms with Gasteiger partial charge in [0.05, 0.1) is 0 Å². The van der Waals surface area contributed by atoms with Crippen molar-refractivity contribution in [2.24, 2.45) is 5.92 Å². The van der Waals surface area contributed by atoms with Gasteiger partial charge in [0, 0.05) is 37.6 Å². The van der Waals surface area contributed by atoms with Crippen LogP contribution in [0.5, 0.6) is 0 Å². The van der Waals surface area contributed by atoms with E-state index >= 15 is 0 Å². The molecule has 110 valence electrons. The van der Waals surface area contributed by atoms with Crippen LogP contribution in [0.1, 0.15) is 17.8 Å². The molecule has 0 N–H and O–H groups in total. The van der Waals surface area contributed by atoms with Gasteiger partial charge in [-0.15, -0.1) is 0 Å². The zero-order valence-corrected chi connectivity index (χ0v) is 13.0. The maximum Gasteiger partial charge on any atom is 0.227 e. The van der Waals surface area contributed by atoms with E-state index in [2.05, 4.69) is 34.3 Å². The summed E-state index contributed by atoms with van der Waals surface area (Å²) in [7, 11) is 0. The standard InChI is InChI=1S/C16H19N3OS/c1-12-17-6-7-18(12)9-13-2-4-15(5-3-13)19-10-14(11-21)8-16(19)20/h2-7,14,21H,8-11H2,1H3. The number of aryl methyl sites for hydroxylation is 1. The lowest BCUT2D eigenvalue weighted by Gasteiger charge is -2.17. The topological polar surface area (TPSA) is 38.1 Å². The van der Waals surface area contributed by atoms with Crippen LogP contribution < -0.4 is 4.90 Å². The molecule has 0 saturated carbocycles. The number of carbonyl (C=O) groups excluding carboxylic acids is 1. The number of hydrogen-bond acceptors (Lipinski definition) is 3. The second-order valence-electron chi connectivity index (χ2n) is 5.53. The van der Waals surface area contributed by atoms with E-state index in [1.165, 1.54) is 5.56 Å². The molecule has 1 aliphatic heterocycles. The summed E-state index contributed by atoms with van der Waals surface area (Å²) in [6, 6.07) is 8.22. The van der Waals surface area contributed by atoms with Crippen molar-refractivity contribution in [1.29, 1.82) is 0 Å². The van der Waals surface area contributed by atoms with E-state index in [1.807, 2.05) is 36.4 Å². The van der Waals surface area contributed by atoms with Crippen molar-refractivity contribution < 1.29 is 4.79 Å². The summed E-state index contributed by atoms with van der Waals surface area (Å²) in [5.74, 6) is 2.34. The van der Waals surface area contributed by atoms with Gasteiger partial charge in [-0.05, 0) is 36.3 Å². The Morgan fingerprint density at radius 3 is 2.67 bits per heavy atom. The summed E-state index contributed by atoms with van der Waals surface area (Å²) in [6.45, 7) is 3.58. The number of hydrogen-bond donors (Lipinski definition) is 1. The third kappa shape index (κ3) is 2.97. The Kier molecular flexibility index (Phi) is 4.01. The zero-order valence-electron chi connectivity index (χ0n) is 12.1. The first-order valence-electron chi connectivity index (χ1n) is 7.15. The van der Waals surface area contributed by atoms with Gasteiger partial charge < -0.3 is 9.47 Å². The Bertz CT molecular complexity index is 635. The highest BCUT2D eigenvalue weighted by atomic mass is 32.1. The van der Waals surface area contributed by atoms with Gasteiger partial charge in [0.15, 0.2) is 0 Å². The average Bonchev–Trinajstić information content (AvgIpc) is 3.06. The molecule has 1 fully saturated rings. The normalized spacial score (nSPS) is 18.5. The summed E-state index contributed by atoms with van der Waals surface area (Å²) in [5, 5.41) is 0. The molecule has 1 aliphatic rings. The molecule has 2 aromatic rings. The number of aromatic nitrogens is 2. The number of anilines is 1. The second kappa shape index (κ2) is 5.93. The van der Waals surface area contributed by atoms with E-state index in [4.69, 9.17) is 0 Å². The maximum atomic E-state index is 12.0. The molecule has 0 spiro atoms. The molecule has 1 amide bonds. The quantitative estimate of drug-likeness (QED) is 0.881. The van der Waals surface area contributed by atoms with E-state index in [0.717, 1.165) is 30.4 Å². The first kappa shape index (κ1) is 14.2. The minimum Gasteiger partial charge on any atom is -0.331 e. The average molecular weight is 301 g/mol. The molecular formula is C16H19N3OS. The number of benzene rings is 1. The minimum atomic E-state index is 0.201. The Balaban J connectivity index is 1.72. The molecule has 1 aromatic carbocycles.